The van der Waals surface area contributed by atoms with Crippen molar-refractivity contribution >= 4 is 11.8 Å². The number of rotatable bonds is 38. The van der Waals surface area contributed by atoms with Crippen molar-refractivity contribution in [3.63, 3.8) is 0 Å². The second-order valence-corrected chi connectivity index (χ2v) is 15.5. The van der Waals surface area contributed by atoms with Crippen molar-refractivity contribution in [1.29, 1.82) is 0 Å². The highest BCUT2D eigenvalue weighted by atomic mass is 32.2. The third kappa shape index (κ3) is 40.4. The summed E-state index contributed by atoms with van der Waals surface area (Å²) in [6.45, 7) is 8.63. The highest BCUT2D eigenvalue weighted by molar-refractivity contribution is 7.99. The van der Waals surface area contributed by atoms with Crippen LogP contribution in [0.5, 0.6) is 0 Å². The summed E-state index contributed by atoms with van der Waals surface area (Å²) >= 11 is 2.22. The van der Waals surface area contributed by atoms with Crippen LogP contribution < -0.4 is 0 Å². The molecule has 1 heteroatoms. The molecule has 0 fully saturated rings. The van der Waals surface area contributed by atoms with Crippen LogP contribution in [0.15, 0.2) is 0 Å². The average Bonchev–Trinajstić information content (AvgIpc) is 2.98. The van der Waals surface area contributed by atoms with E-state index in [1.807, 2.05) is 0 Å². The van der Waals surface area contributed by atoms with Gasteiger partial charge in [0.2, 0.25) is 0 Å². The summed E-state index contributed by atoms with van der Waals surface area (Å²) in [5.41, 5.74) is 0. The van der Waals surface area contributed by atoms with Crippen molar-refractivity contribution in [1.82, 2.24) is 0 Å². The van der Waals surface area contributed by atoms with Gasteiger partial charge in [-0.3, -0.25) is 0 Å². The number of hydrogen-bond donors (Lipinski definition) is 0. The molecule has 1 radical (unpaired) electrons. The van der Waals surface area contributed by atoms with Gasteiger partial charge in [0.15, 0.2) is 0 Å². The quantitative estimate of drug-likeness (QED) is 0.0629. The van der Waals surface area contributed by atoms with Gasteiger partial charge in [0.05, 0.1) is 0 Å². The minimum atomic E-state index is 0.893. The Kier molecular flexibility index (Phi) is 39.7. The molecule has 253 valence electrons. The minimum absolute atomic E-state index is 0.893. The smallest absolute Gasteiger partial charge is 0.00675 e. The zero-order chi connectivity index (χ0) is 30.4. The van der Waals surface area contributed by atoms with Gasteiger partial charge in [-0.15, -0.1) is 0 Å². The standard InChI is InChI=1S/C41H83S/c1-4-5-6-7-8-9-10-11-12-13-14-15-16-17-18-19-20-21-22-23-24-25-27-30-33-36-39-42-40-37-34-31-28-26-29-32-35-38-41(2)3/h41H,1,4-40H2,2-3H3. The zero-order valence-electron chi connectivity index (χ0n) is 29.9. The first-order chi connectivity index (χ1) is 20.8. The van der Waals surface area contributed by atoms with Crippen molar-refractivity contribution in [2.45, 2.75) is 239 Å². The first-order valence-corrected chi connectivity index (χ1v) is 21.3. The van der Waals surface area contributed by atoms with Gasteiger partial charge in [-0.25, -0.2) is 0 Å². The second kappa shape index (κ2) is 39.4. The van der Waals surface area contributed by atoms with Crippen molar-refractivity contribution in [3.05, 3.63) is 6.92 Å². The molecule has 0 aromatic rings. The number of thioether (sulfide) groups is 1. The van der Waals surface area contributed by atoms with E-state index in [-0.39, 0.29) is 0 Å². The fourth-order valence-corrected chi connectivity index (χ4v) is 7.39. The van der Waals surface area contributed by atoms with Crippen LogP contribution in [0.3, 0.4) is 0 Å². The van der Waals surface area contributed by atoms with Gasteiger partial charge in [-0.1, -0.05) is 233 Å². The maximum atomic E-state index is 3.93. The van der Waals surface area contributed by atoms with E-state index < -0.39 is 0 Å². The van der Waals surface area contributed by atoms with E-state index in [0.29, 0.717) is 0 Å². The SMILES string of the molecule is [CH2]CCCCCCCCCCCCCCCCCCCCCCCCCCCSCCCCCCCCCCC(C)C. The molecule has 0 spiro atoms. The lowest BCUT2D eigenvalue weighted by Crippen LogP contribution is -1.88. The molecule has 0 heterocycles. The van der Waals surface area contributed by atoms with Crippen LogP contribution in [0.2, 0.25) is 0 Å². The molecule has 0 bridgehead atoms. The summed E-state index contributed by atoms with van der Waals surface area (Å²) in [7, 11) is 0. The summed E-state index contributed by atoms with van der Waals surface area (Å²) in [5.74, 6) is 3.71. The monoisotopic (exact) mass is 608 g/mol. The summed E-state index contributed by atoms with van der Waals surface area (Å²) in [6, 6.07) is 0. The van der Waals surface area contributed by atoms with Crippen LogP contribution >= 0.6 is 11.8 Å². The van der Waals surface area contributed by atoms with E-state index in [2.05, 4.69) is 32.5 Å². The predicted octanol–water partition coefficient (Wildman–Crippen LogP) is 15.9. The Morgan fingerprint density at radius 3 is 0.762 bits per heavy atom. The normalized spacial score (nSPS) is 11.7. The van der Waals surface area contributed by atoms with Gasteiger partial charge in [0.1, 0.15) is 0 Å². The highest BCUT2D eigenvalue weighted by Gasteiger charge is 1.98. The van der Waals surface area contributed by atoms with Crippen LogP contribution in [0.25, 0.3) is 0 Å². The summed E-state index contributed by atoms with van der Waals surface area (Å²) in [4.78, 5) is 0. The second-order valence-electron chi connectivity index (χ2n) is 14.3. The van der Waals surface area contributed by atoms with Crippen molar-refractivity contribution in [2.75, 3.05) is 11.5 Å². The maximum Gasteiger partial charge on any atom is -0.00675 e. The maximum absolute atomic E-state index is 3.93. The molecular weight excluding hydrogens is 525 g/mol. The van der Waals surface area contributed by atoms with Gasteiger partial charge < -0.3 is 0 Å². The average molecular weight is 608 g/mol. The Labute approximate surface area is 273 Å². The van der Waals surface area contributed by atoms with Crippen molar-refractivity contribution in [2.24, 2.45) is 5.92 Å². The van der Waals surface area contributed by atoms with Crippen molar-refractivity contribution < 1.29 is 0 Å². The lowest BCUT2D eigenvalue weighted by molar-refractivity contribution is 0.509. The lowest BCUT2D eigenvalue weighted by Gasteiger charge is -2.05. The number of unbranched alkanes of at least 4 members (excludes halogenated alkanes) is 32. The fraction of sp³-hybridized carbons (Fsp3) is 0.976. The lowest BCUT2D eigenvalue weighted by atomic mass is 10.0. The molecule has 0 saturated heterocycles. The predicted molar refractivity (Wildman–Crippen MR) is 199 cm³/mol. The largest absolute Gasteiger partial charge is 0.162 e. The first kappa shape index (κ1) is 42.3. The Balaban J connectivity index is 3.03. The van der Waals surface area contributed by atoms with E-state index in [1.165, 1.54) is 230 Å². The molecule has 0 rings (SSSR count). The third-order valence-electron chi connectivity index (χ3n) is 9.36. The molecule has 0 aromatic carbocycles. The summed E-state index contributed by atoms with van der Waals surface area (Å²) in [6.07, 6.45) is 51.1. The molecule has 0 unspecified atom stereocenters. The van der Waals surface area contributed by atoms with Gasteiger partial charge in [-0.2, -0.15) is 11.8 Å². The summed E-state index contributed by atoms with van der Waals surface area (Å²) in [5, 5.41) is 0. The molecule has 0 N–H and O–H groups in total. The minimum Gasteiger partial charge on any atom is -0.162 e. The number of hydrogen-bond acceptors (Lipinski definition) is 1. The Morgan fingerprint density at radius 1 is 0.310 bits per heavy atom. The van der Waals surface area contributed by atoms with E-state index in [1.54, 1.807) is 0 Å². The Morgan fingerprint density at radius 2 is 0.524 bits per heavy atom. The fourth-order valence-electron chi connectivity index (χ4n) is 6.37. The molecule has 0 aliphatic rings. The Hall–Kier alpha value is 0.350. The molecule has 0 atom stereocenters. The van der Waals surface area contributed by atoms with Crippen LogP contribution in [-0.2, 0) is 0 Å². The van der Waals surface area contributed by atoms with Crippen LogP contribution in [0.4, 0.5) is 0 Å². The van der Waals surface area contributed by atoms with Crippen LogP contribution in [0, 0.1) is 12.8 Å². The van der Waals surface area contributed by atoms with E-state index in [4.69, 9.17) is 0 Å². The molecule has 0 amide bonds. The van der Waals surface area contributed by atoms with Crippen LogP contribution in [-0.4, -0.2) is 11.5 Å². The molecular formula is C41H83S. The molecule has 0 aliphatic heterocycles. The molecule has 0 aliphatic carbocycles. The highest BCUT2D eigenvalue weighted by Crippen LogP contribution is 2.17. The van der Waals surface area contributed by atoms with Gasteiger partial charge in [-0.05, 0) is 30.3 Å². The molecule has 0 aromatic heterocycles. The molecule has 42 heavy (non-hydrogen) atoms. The Bertz CT molecular complexity index is 444. The van der Waals surface area contributed by atoms with Gasteiger partial charge >= 0.3 is 0 Å². The third-order valence-corrected chi connectivity index (χ3v) is 10.5. The van der Waals surface area contributed by atoms with Gasteiger partial charge in [0.25, 0.3) is 0 Å². The van der Waals surface area contributed by atoms with Crippen LogP contribution in [0.1, 0.15) is 239 Å². The zero-order valence-corrected chi connectivity index (χ0v) is 30.7. The van der Waals surface area contributed by atoms with E-state index in [0.717, 1.165) is 12.3 Å². The van der Waals surface area contributed by atoms with E-state index in [9.17, 15) is 0 Å². The summed E-state index contributed by atoms with van der Waals surface area (Å²) < 4.78 is 0. The van der Waals surface area contributed by atoms with Crippen molar-refractivity contribution in [3.8, 4) is 0 Å². The molecule has 0 saturated carbocycles. The molecule has 0 nitrogen and oxygen atoms in total. The topological polar surface area (TPSA) is 0 Å². The first-order valence-electron chi connectivity index (χ1n) is 20.1. The van der Waals surface area contributed by atoms with E-state index >= 15 is 0 Å². The van der Waals surface area contributed by atoms with Gasteiger partial charge in [0, 0.05) is 0 Å².